The van der Waals surface area contributed by atoms with Gasteiger partial charge in [-0.2, -0.15) is 0 Å². The molecule has 0 saturated carbocycles. The summed E-state index contributed by atoms with van der Waals surface area (Å²) in [5, 5.41) is 22.0. The molecular weight excluding hydrogens is 1070 g/mol. The molecule has 0 fully saturated rings. The standard InChI is InChI=1S/C23H21Cl2N5O5.C16H16Cl2N4O5S.C7H8N2O2/c1-12-6-5-7-15(30(32)33)14(12)8-18-26-10-13-11-29(23(31)28(2)22(13)27-18)21-19(24)16(34-3)9-17(35-4)20(21)25;1-21-14-8(6-19-15(20-14)28(4,24)25)7-22(16(21)23)13-11(17)9(26-2)5-10(27-3)12(13)18;1-5-3-2-4-6(7(5)8)9(10)11/h5-7,9-10H,8,11H2,1-4H3;5-6H,7H2,1-4H3;2-4H,8H2,1H3. The number of nitrogens with zero attached hydrogens (tertiary/aromatic N) is 10. The Morgan fingerprint density at radius 2 is 1.07 bits per heavy atom. The Labute approximate surface area is 443 Å². The van der Waals surface area contributed by atoms with E-state index in [1.165, 1.54) is 79.5 Å². The molecule has 0 unspecified atom stereocenters. The molecule has 28 heteroatoms. The molecule has 0 aliphatic carbocycles. The van der Waals surface area contributed by atoms with Crippen LogP contribution in [0.15, 0.2) is 66.1 Å². The number of benzene rings is 4. The highest BCUT2D eigenvalue weighted by Gasteiger charge is 2.37. The van der Waals surface area contributed by atoms with Crippen molar-refractivity contribution in [2.45, 2.75) is 38.5 Å². The summed E-state index contributed by atoms with van der Waals surface area (Å²) in [6.45, 7) is 3.66. The monoisotopic (exact) mass is 1120 g/mol. The fourth-order valence-corrected chi connectivity index (χ4v) is 9.45. The highest BCUT2D eigenvalue weighted by molar-refractivity contribution is 7.90. The summed E-state index contributed by atoms with van der Waals surface area (Å²) in [6, 6.07) is 11.7. The molecule has 6 aromatic rings. The molecule has 4 amide bonds. The molecule has 4 aromatic carbocycles. The maximum Gasteiger partial charge on any atom is 0.330 e. The van der Waals surface area contributed by atoms with E-state index in [4.69, 9.17) is 71.1 Å². The van der Waals surface area contributed by atoms with Crippen molar-refractivity contribution in [2.24, 2.45) is 0 Å². The Kier molecular flexibility index (Phi) is 17.1. The van der Waals surface area contributed by atoms with Crippen molar-refractivity contribution in [3.8, 4) is 23.0 Å². The third-order valence-electron chi connectivity index (χ3n) is 11.4. The van der Waals surface area contributed by atoms with Gasteiger partial charge in [-0.05, 0) is 25.0 Å². The second kappa shape index (κ2) is 22.7. The minimum absolute atomic E-state index is 0.00168. The molecule has 2 aliphatic heterocycles. The molecule has 2 aromatic heterocycles. The van der Waals surface area contributed by atoms with Crippen molar-refractivity contribution in [2.75, 3.05) is 74.1 Å². The number of halogens is 4. The second-order valence-corrected chi connectivity index (χ2v) is 19.5. The summed E-state index contributed by atoms with van der Waals surface area (Å²) >= 11 is 25.9. The van der Waals surface area contributed by atoms with Gasteiger partial charge in [-0.15, -0.1) is 0 Å². The number of anilines is 5. The molecule has 2 N–H and O–H groups in total. The van der Waals surface area contributed by atoms with Gasteiger partial charge < -0.3 is 24.7 Å². The first kappa shape index (κ1) is 55.8. The molecule has 0 saturated heterocycles. The lowest BCUT2D eigenvalue weighted by Crippen LogP contribution is -2.46. The van der Waals surface area contributed by atoms with E-state index in [9.17, 15) is 38.2 Å². The number of methoxy groups -OCH3 is 4. The van der Waals surface area contributed by atoms with Crippen LogP contribution >= 0.6 is 46.4 Å². The third-order valence-corrected chi connectivity index (χ3v) is 13.7. The van der Waals surface area contributed by atoms with Crippen molar-refractivity contribution in [1.29, 1.82) is 0 Å². The number of aromatic nitrogens is 4. The lowest BCUT2D eigenvalue weighted by Gasteiger charge is -2.35. The third kappa shape index (κ3) is 11.2. The van der Waals surface area contributed by atoms with Crippen LogP contribution in [0.2, 0.25) is 20.1 Å². The molecule has 4 heterocycles. The van der Waals surface area contributed by atoms with E-state index in [0.717, 1.165) is 17.4 Å². The molecule has 23 nitrogen and oxygen atoms in total. The summed E-state index contributed by atoms with van der Waals surface area (Å²) in [6.07, 6.45) is 4.09. The summed E-state index contributed by atoms with van der Waals surface area (Å²) in [4.78, 5) is 69.4. The number of para-hydroxylation sites is 1. The molecule has 2 aliphatic rings. The lowest BCUT2D eigenvalue weighted by atomic mass is 10.0. The molecule has 390 valence electrons. The molecule has 0 spiro atoms. The van der Waals surface area contributed by atoms with Crippen LogP contribution in [0.4, 0.5) is 49.7 Å². The number of nitrogens with two attached hydrogens (primary N) is 1. The minimum Gasteiger partial charge on any atom is -0.495 e. The summed E-state index contributed by atoms with van der Waals surface area (Å²) in [7, 11) is 5.17. The molecule has 0 bridgehead atoms. The Bertz CT molecular complexity index is 3300. The number of sulfone groups is 1. The number of carbonyl (C=O) groups is 2. The van der Waals surface area contributed by atoms with Gasteiger partial charge in [-0.3, -0.25) is 39.8 Å². The first-order valence-corrected chi connectivity index (χ1v) is 24.7. The second-order valence-electron chi connectivity index (χ2n) is 16.1. The average Bonchev–Trinajstić information content (AvgIpc) is 3.36. The van der Waals surface area contributed by atoms with Gasteiger partial charge >= 0.3 is 12.1 Å². The van der Waals surface area contributed by atoms with Gasteiger partial charge in [0.2, 0.25) is 15.0 Å². The van der Waals surface area contributed by atoms with Crippen molar-refractivity contribution in [3.63, 3.8) is 0 Å². The number of nitro benzene ring substituents is 2. The molecule has 74 heavy (non-hydrogen) atoms. The SMILES string of the molecule is COc1cc(OC)c(Cl)c(N2Cc3cnc(Cc4c(C)cccc4[N+](=O)[O-])nc3N(C)C2=O)c1Cl.COc1cc(OC)c(Cl)c(N2Cc3cnc(S(C)(=O)=O)nc3N(C)C2=O)c1Cl.Cc1cccc([N+](=O)[O-])c1N. The fraction of sp³-hybridized carbons (Fsp3) is 0.261. The van der Waals surface area contributed by atoms with E-state index < -0.39 is 31.7 Å². The van der Waals surface area contributed by atoms with Crippen LogP contribution in [0.1, 0.15) is 33.6 Å². The Balaban J connectivity index is 0.000000203. The summed E-state index contributed by atoms with van der Waals surface area (Å²) in [5.41, 5.74) is 9.28. The zero-order valence-corrected chi connectivity index (χ0v) is 44.6. The smallest absolute Gasteiger partial charge is 0.330 e. The van der Waals surface area contributed by atoms with Crippen LogP contribution in [-0.2, 0) is 29.3 Å². The predicted molar refractivity (Wildman–Crippen MR) is 279 cm³/mol. The highest BCUT2D eigenvalue weighted by atomic mass is 35.5. The van der Waals surface area contributed by atoms with E-state index in [2.05, 4.69) is 19.9 Å². The van der Waals surface area contributed by atoms with E-state index >= 15 is 0 Å². The largest absolute Gasteiger partial charge is 0.495 e. The van der Waals surface area contributed by atoms with Crippen molar-refractivity contribution in [3.05, 3.63) is 135 Å². The molecular formula is C46H45Cl4N11O12S. The van der Waals surface area contributed by atoms with Gasteiger partial charge in [0.05, 0.1) is 62.8 Å². The number of urea groups is 2. The number of nitrogen functional groups attached to an aromatic ring is 1. The maximum absolute atomic E-state index is 13.4. The molecule has 0 radical (unpaired) electrons. The number of ether oxygens (including phenoxy) is 4. The maximum atomic E-state index is 13.4. The Morgan fingerprint density at radius 3 is 1.47 bits per heavy atom. The van der Waals surface area contributed by atoms with Gasteiger partial charge in [0.1, 0.15) is 66.2 Å². The van der Waals surface area contributed by atoms with Crippen molar-refractivity contribution in [1.82, 2.24) is 19.9 Å². The van der Waals surface area contributed by atoms with Crippen LogP contribution in [0.3, 0.4) is 0 Å². The van der Waals surface area contributed by atoms with E-state index in [0.29, 0.717) is 39.8 Å². The highest BCUT2D eigenvalue weighted by Crippen LogP contribution is 2.49. The van der Waals surface area contributed by atoms with Crippen LogP contribution in [0.25, 0.3) is 0 Å². The van der Waals surface area contributed by atoms with Crippen LogP contribution in [-0.4, -0.2) is 99.1 Å². The normalized spacial score (nSPS) is 12.9. The molecule has 0 atom stereocenters. The lowest BCUT2D eigenvalue weighted by molar-refractivity contribution is -0.385. The van der Waals surface area contributed by atoms with Crippen LogP contribution < -0.4 is 44.3 Å². The summed E-state index contributed by atoms with van der Waals surface area (Å²) in [5.74, 6) is 2.11. The van der Waals surface area contributed by atoms with E-state index in [1.54, 1.807) is 57.4 Å². The van der Waals surface area contributed by atoms with Crippen LogP contribution in [0.5, 0.6) is 23.0 Å². The zero-order chi connectivity index (χ0) is 54.7. The number of rotatable bonds is 11. The number of amides is 4. The molecule has 8 rings (SSSR count). The predicted octanol–water partition coefficient (Wildman–Crippen LogP) is 9.45. The Morgan fingerprint density at radius 1 is 0.662 bits per heavy atom. The summed E-state index contributed by atoms with van der Waals surface area (Å²) < 4.78 is 44.6. The number of nitro groups is 2. The van der Waals surface area contributed by atoms with Gasteiger partial charge in [0.25, 0.3) is 11.4 Å². The van der Waals surface area contributed by atoms with Gasteiger partial charge in [0.15, 0.2) is 0 Å². The quantitative estimate of drug-likeness (QED) is 0.0547. The van der Waals surface area contributed by atoms with Crippen LogP contribution in [0, 0.1) is 34.1 Å². The van der Waals surface area contributed by atoms with Crippen molar-refractivity contribution >= 4 is 108 Å². The first-order chi connectivity index (χ1) is 34.9. The minimum atomic E-state index is -3.62. The number of hydrogen-bond acceptors (Lipinski definition) is 17. The zero-order valence-electron chi connectivity index (χ0n) is 40.8. The topological polar surface area (TPSA) is 282 Å². The van der Waals surface area contributed by atoms with E-state index in [1.807, 2.05) is 0 Å². The number of aryl methyl sites for hydroxylation is 2. The van der Waals surface area contributed by atoms with Crippen molar-refractivity contribution < 1.29 is 46.8 Å². The van der Waals surface area contributed by atoms with Gasteiger partial charge in [0, 0.05) is 80.1 Å². The first-order valence-electron chi connectivity index (χ1n) is 21.3. The van der Waals surface area contributed by atoms with Gasteiger partial charge in [-0.1, -0.05) is 70.7 Å². The number of fused-ring (bicyclic) bond motifs is 2. The van der Waals surface area contributed by atoms with E-state index in [-0.39, 0.29) is 90.5 Å². The average molecular weight is 1120 g/mol. The number of hydrogen-bond donors (Lipinski definition) is 1. The fourth-order valence-electron chi connectivity index (χ4n) is 7.54. The number of carbonyl (C=O) groups excluding carboxylic acids is 2. The van der Waals surface area contributed by atoms with Gasteiger partial charge in [-0.25, -0.2) is 37.9 Å². The Hall–Kier alpha value is -7.51.